The lowest BCUT2D eigenvalue weighted by Gasteiger charge is -2.11. The highest BCUT2D eigenvalue weighted by atomic mass is 32.2. The van der Waals surface area contributed by atoms with Gasteiger partial charge in [-0.05, 0) is 31.2 Å². The van der Waals surface area contributed by atoms with Gasteiger partial charge in [0.1, 0.15) is 0 Å². The smallest absolute Gasteiger partial charge is 0.248 e. The van der Waals surface area contributed by atoms with Gasteiger partial charge in [-0.15, -0.1) is 0 Å². The summed E-state index contributed by atoms with van der Waals surface area (Å²) in [4.78, 5) is 27.3. The third-order valence-corrected chi connectivity index (χ3v) is 4.04. The fraction of sp³-hybridized carbons (Fsp3) is 0.214. The van der Waals surface area contributed by atoms with E-state index in [0.29, 0.717) is 11.3 Å². The summed E-state index contributed by atoms with van der Waals surface area (Å²) in [6.45, 7) is 1.81. The van der Waals surface area contributed by atoms with Crippen molar-refractivity contribution in [2.45, 2.75) is 17.3 Å². The van der Waals surface area contributed by atoms with Crippen LogP contribution in [0, 0.1) is 0 Å². The summed E-state index contributed by atoms with van der Waals surface area (Å²) in [5.74, 6) is -0.624. The Balaban J connectivity index is 1.97. The summed E-state index contributed by atoms with van der Waals surface area (Å²) in [5.41, 5.74) is 6.19. The van der Waals surface area contributed by atoms with Crippen molar-refractivity contribution in [3.05, 3.63) is 42.2 Å². The molecule has 0 spiro atoms. The number of anilines is 1. The molecule has 0 aliphatic rings. The van der Waals surface area contributed by atoms with Gasteiger partial charge in [0.25, 0.3) is 0 Å². The zero-order valence-electron chi connectivity index (χ0n) is 11.7. The summed E-state index contributed by atoms with van der Waals surface area (Å²) in [5, 5.41) is 3.28. The first-order valence-electron chi connectivity index (χ1n) is 6.32. The second kappa shape index (κ2) is 6.45. The molecule has 2 rings (SSSR count). The number of benzene rings is 1. The van der Waals surface area contributed by atoms with Crippen LogP contribution in [0.5, 0.6) is 0 Å². The van der Waals surface area contributed by atoms with E-state index in [-0.39, 0.29) is 11.2 Å². The number of hydrogen-bond acceptors (Lipinski definition) is 4. The summed E-state index contributed by atoms with van der Waals surface area (Å²) in [7, 11) is 1.88. The summed E-state index contributed by atoms with van der Waals surface area (Å²) in [6, 6.07) is 6.45. The number of thioether (sulfide) groups is 1. The van der Waals surface area contributed by atoms with Gasteiger partial charge in [-0.2, -0.15) is 0 Å². The van der Waals surface area contributed by atoms with E-state index in [0.717, 1.165) is 5.16 Å². The predicted octanol–water partition coefficient (Wildman–Crippen LogP) is 1.64. The van der Waals surface area contributed by atoms with Crippen molar-refractivity contribution in [2.24, 2.45) is 12.8 Å². The first kappa shape index (κ1) is 15.1. The van der Waals surface area contributed by atoms with Gasteiger partial charge in [-0.1, -0.05) is 11.8 Å². The lowest BCUT2D eigenvalue weighted by Crippen LogP contribution is -2.22. The molecule has 2 aromatic rings. The first-order valence-corrected chi connectivity index (χ1v) is 7.20. The Kier molecular flexibility index (Phi) is 4.64. The van der Waals surface area contributed by atoms with Crippen LogP contribution < -0.4 is 11.1 Å². The number of carbonyl (C=O) groups excluding carboxylic acids is 2. The van der Waals surface area contributed by atoms with E-state index in [1.165, 1.54) is 11.8 Å². The number of nitrogens with two attached hydrogens (primary N) is 1. The highest BCUT2D eigenvalue weighted by Crippen LogP contribution is 2.22. The van der Waals surface area contributed by atoms with Crippen LogP contribution in [0.3, 0.4) is 0 Å². The molecule has 110 valence electrons. The molecular weight excluding hydrogens is 288 g/mol. The van der Waals surface area contributed by atoms with Gasteiger partial charge in [-0.25, -0.2) is 4.98 Å². The monoisotopic (exact) mass is 304 g/mol. The van der Waals surface area contributed by atoms with Crippen molar-refractivity contribution in [3.8, 4) is 0 Å². The second-order valence-corrected chi connectivity index (χ2v) is 5.82. The highest BCUT2D eigenvalue weighted by molar-refractivity contribution is 8.00. The Hall–Kier alpha value is -2.28. The molecule has 2 amide bonds. The van der Waals surface area contributed by atoms with E-state index >= 15 is 0 Å². The summed E-state index contributed by atoms with van der Waals surface area (Å²) >= 11 is 1.38. The molecule has 0 unspecified atom stereocenters. The maximum Gasteiger partial charge on any atom is 0.248 e. The molecule has 21 heavy (non-hydrogen) atoms. The number of aromatic nitrogens is 2. The molecule has 3 N–H and O–H groups in total. The number of aryl methyl sites for hydroxylation is 1. The fourth-order valence-corrected chi connectivity index (χ4v) is 2.47. The van der Waals surface area contributed by atoms with Crippen LogP contribution in [0.25, 0.3) is 0 Å². The van der Waals surface area contributed by atoms with Crippen molar-refractivity contribution < 1.29 is 9.59 Å². The molecule has 0 radical (unpaired) electrons. The van der Waals surface area contributed by atoms with Gasteiger partial charge in [0.05, 0.1) is 5.25 Å². The van der Waals surface area contributed by atoms with Crippen LogP contribution in [0.2, 0.25) is 0 Å². The molecule has 0 bridgehead atoms. The minimum Gasteiger partial charge on any atom is -0.366 e. The van der Waals surface area contributed by atoms with Crippen molar-refractivity contribution in [1.82, 2.24) is 9.55 Å². The highest BCUT2D eigenvalue weighted by Gasteiger charge is 2.16. The van der Waals surface area contributed by atoms with E-state index < -0.39 is 5.91 Å². The molecule has 1 heterocycles. The Labute approximate surface area is 126 Å². The third-order valence-electron chi connectivity index (χ3n) is 2.87. The van der Waals surface area contributed by atoms with Gasteiger partial charge in [0, 0.05) is 30.7 Å². The van der Waals surface area contributed by atoms with Gasteiger partial charge >= 0.3 is 0 Å². The van der Waals surface area contributed by atoms with Gasteiger partial charge in [-0.3, -0.25) is 9.59 Å². The number of carbonyl (C=O) groups is 2. The number of amides is 2. The molecule has 6 nitrogen and oxygen atoms in total. The zero-order valence-corrected chi connectivity index (χ0v) is 12.6. The van der Waals surface area contributed by atoms with Gasteiger partial charge < -0.3 is 15.6 Å². The van der Waals surface area contributed by atoms with Crippen molar-refractivity contribution in [3.63, 3.8) is 0 Å². The molecule has 1 atom stereocenters. The maximum absolute atomic E-state index is 12.1. The molecule has 0 aliphatic heterocycles. The lowest BCUT2D eigenvalue weighted by molar-refractivity contribution is -0.115. The molecule has 0 fully saturated rings. The van der Waals surface area contributed by atoms with E-state index in [2.05, 4.69) is 10.3 Å². The quantitative estimate of drug-likeness (QED) is 0.822. The van der Waals surface area contributed by atoms with E-state index in [1.807, 2.05) is 24.7 Å². The van der Waals surface area contributed by atoms with Crippen LogP contribution in [0.1, 0.15) is 17.3 Å². The van der Waals surface area contributed by atoms with Crippen molar-refractivity contribution in [1.29, 1.82) is 0 Å². The first-order chi connectivity index (χ1) is 9.97. The number of hydrogen-bond donors (Lipinski definition) is 2. The second-order valence-electron chi connectivity index (χ2n) is 4.51. The number of nitrogens with one attached hydrogen (secondary N) is 1. The topological polar surface area (TPSA) is 90.0 Å². The average molecular weight is 304 g/mol. The van der Waals surface area contributed by atoms with Crippen molar-refractivity contribution >= 4 is 29.3 Å². The molecular formula is C14H16N4O2S. The number of imidazole rings is 1. The number of rotatable bonds is 5. The van der Waals surface area contributed by atoms with E-state index in [4.69, 9.17) is 5.73 Å². The molecule has 1 aromatic carbocycles. The Bertz CT molecular complexity index is 651. The Morgan fingerprint density at radius 1 is 1.33 bits per heavy atom. The SMILES string of the molecule is C[C@H](Sc1nccn1C)C(=O)Nc1ccc(C(N)=O)cc1. The number of primary amides is 1. The largest absolute Gasteiger partial charge is 0.366 e. The average Bonchev–Trinajstić information content (AvgIpc) is 2.84. The van der Waals surface area contributed by atoms with Crippen molar-refractivity contribution in [2.75, 3.05) is 5.32 Å². The van der Waals surface area contributed by atoms with Crippen LogP contribution in [-0.4, -0.2) is 26.6 Å². The fourth-order valence-electron chi connectivity index (χ4n) is 1.64. The van der Waals surface area contributed by atoms with E-state index in [1.54, 1.807) is 30.5 Å². The number of nitrogens with zero attached hydrogens (tertiary/aromatic N) is 2. The van der Waals surface area contributed by atoms with Crippen LogP contribution in [0.15, 0.2) is 41.8 Å². The summed E-state index contributed by atoms with van der Waals surface area (Å²) in [6.07, 6.45) is 3.52. The Morgan fingerprint density at radius 2 is 2.00 bits per heavy atom. The molecule has 1 aromatic heterocycles. The standard InChI is InChI=1S/C14H16N4O2S/c1-9(21-14-16-7-8-18(14)2)13(20)17-11-5-3-10(4-6-11)12(15)19/h3-9H,1-2H3,(H2,15,19)(H,17,20)/t9-/m0/s1. The third kappa shape index (κ3) is 3.85. The van der Waals surface area contributed by atoms with Crippen LogP contribution in [-0.2, 0) is 11.8 Å². The lowest BCUT2D eigenvalue weighted by atomic mass is 10.2. The zero-order chi connectivity index (χ0) is 15.4. The summed E-state index contributed by atoms with van der Waals surface area (Å²) < 4.78 is 1.86. The minimum absolute atomic E-state index is 0.130. The van der Waals surface area contributed by atoms with Gasteiger partial charge in [0.2, 0.25) is 11.8 Å². The van der Waals surface area contributed by atoms with Gasteiger partial charge in [0.15, 0.2) is 5.16 Å². The van der Waals surface area contributed by atoms with Crippen LogP contribution in [0.4, 0.5) is 5.69 Å². The molecule has 0 saturated carbocycles. The van der Waals surface area contributed by atoms with E-state index in [9.17, 15) is 9.59 Å². The molecule has 0 saturated heterocycles. The normalized spacial score (nSPS) is 11.9. The van der Waals surface area contributed by atoms with Crippen LogP contribution >= 0.6 is 11.8 Å². The predicted molar refractivity (Wildman–Crippen MR) is 82.1 cm³/mol. The molecule has 0 aliphatic carbocycles. The maximum atomic E-state index is 12.1. The molecule has 7 heteroatoms. The minimum atomic E-state index is -0.494. The Morgan fingerprint density at radius 3 is 2.52 bits per heavy atom.